The first-order chi connectivity index (χ1) is 6.63. The van der Waals surface area contributed by atoms with E-state index in [2.05, 4.69) is 0 Å². The Bertz CT molecular complexity index is 306. The van der Waals surface area contributed by atoms with Crippen molar-refractivity contribution in [1.82, 2.24) is 0 Å². The fraction of sp³-hybridized carbons (Fsp3) is 0.500. The normalized spacial score (nSPS) is 12.5. The lowest BCUT2D eigenvalue weighted by Crippen LogP contribution is -2.18. The van der Waals surface area contributed by atoms with E-state index in [0.717, 1.165) is 4.88 Å². The third-order valence-electron chi connectivity index (χ3n) is 1.65. The number of rotatable bonds is 4. The maximum absolute atomic E-state index is 11.5. The Hall–Kier alpha value is -0.870. The van der Waals surface area contributed by atoms with Gasteiger partial charge in [0.15, 0.2) is 0 Å². The summed E-state index contributed by atoms with van der Waals surface area (Å²) in [5, 5.41) is 0. The molecule has 0 fully saturated rings. The molecule has 1 atom stereocenters. The van der Waals surface area contributed by atoms with Gasteiger partial charge < -0.3 is 9.47 Å². The number of methoxy groups -OCH3 is 1. The van der Waals surface area contributed by atoms with E-state index in [4.69, 9.17) is 9.47 Å². The summed E-state index contributed by atoms with van der Waals surface area (Å²) in [5.74, 6) is -0.271. The minimum Gasteiger partial charge on any atom is -0.456 e. The van der Waals surface area contributed by atoms with Crippen LogP contribution in [0.4, 0.5) is 0 Å². The van der Waals surface area contributed by atoms with Gasteiger partial charge in [-0.15, -0.1) is 11.3 Å². The lowest BCUT2D eigenvalue weighted by atomic mass is 10.4. The van der Waals surface area contributed by atoms with E-state index in [9.17, 15) is 4.79 Å². The average molecular weight is 214 g/mol. The molecule has 0 aliphatic rings. The van der Waals surface area contributed by atoms with Crippen LogP contribution < -0.4 is 0 Å². The molecule has 0 unspecified atom stereocenters. The molecule has 0 aliphatic carbocycles. The van der Waals surface area contributed by atoms with Gasteiger partial charge in [-0.3, -0.25) is 0 Å². The van der Waals surface area contributed by atoms with Crippen LogP contribution in [0, 0.1) is 6.92 Å². The minimum atomic E-state index is -0.271. The Morgan fingerprint density at radius 3 is 2.79 bits per heavy atom. The summed E-state index contributed by atoms with van der Waals surface area (Å²) < 4.78 is 10.0. The lowest BCUT2D eigenvalue weighted by Gasteiger charge is -2.10. The summed E-state index contributed by atoms with van der Waals surface area (Å²) in [6, 6.07) is 3.68. The predicted molar refractivity (Wildman–Crippen MR) is 55.8 cm³/mol. The Balaban J connectivity index is 2.50. The molecule has 1 rings (SSSR count). The largest absolute Gasteiger partial charge is 0.456 e. The zero-order valence-electron chi connectivity index (χ0n) is 8.57. The molecule has 4 heteroatoms. The molecular weight excluding hydrogens is 200 g/mol. The second-order valence-electron chi connectivity index (χ2n) is 3.08. The van der Waals surface area contributed by atoms with Gasteiger partial charge in [-0.2, -0.15) is 0 Å². The highest BCUT2D eigenvalue weighted by atomic mass is 32.1. The SMILES string of the molecule is COC[C@H](C)OC(=O)c1ccc(C)s1. The van der Waals surface area contributed by atoms with Crippen LogP contribution in [0.5, 0.6) is 0 Å². The van der Waals surface area contributed by atoms with Crippen LogP contribution in [0.25, 0.3) is 0 Å². The van der Waals surface area contributed by atoms with Gasteiger partial charge in [0, 0.05) is 12.0 Å². The van der Waals surface area contributed by atoms with E-state index >= 15 is 0 Å². The number of carbonyl (C=O) groups excluding carboxylic acids is 1. The van der Waals surface area contributed by atoms with E-state index in [1.54, 1.807) is 13.2 Å². The first-order valence-corrected chi connectivity index (χ1v) is 5.21. The summed E-state index contributed by atoms with van der Waals surface area (Å²) in [6.45, 7) is 4.19. The zero-order valence-corrected chi connectivity index (χ0v) is 9.39. The highest BCUT2D eigenvalue weighted by Gasteiger charge is 2.13. The maximum Gasteiger partial charge on any atom is 0.348 e. The lowest BCUT2D eigenvalue weighted by molar-refractivity contribution is 0.0125. The molecule has 1 heterocycles. The first kappa shape index (κ1) is 11.2. The molecule has 0 spiro atoms. The molecule has 14 heavy (non-hydrogen) atoms. The maximum atomic E-state index is 11.5. The third kappa shape index (κ3) is 3.12. The zero-order chi connectivity index (χ0) is 10.6. The molecule has 1 aromatic heterocycles. The van der Waals surface area contributed by atoms with Crippen molar-refractivity contribution in [2.24, 2.45) is 0 Å². The van der Waals surface area contributed by atoms with Gasteiger partial charge >= 0.3 is 5.97 Å². The molecule has 0 bridgehead atoms. The molecule has 78 valence electrons. The first-order valence-electron chi connectivity index (χ1n) is 4.40. The molecule has 0 aliphatic heterocycles. The number of aryl methyl sites for hydroxylation is 1. The summed E-state index contributed by atoms with van der Waals surface area (Å²) >= 11 is 1.44. The average Bonchev–Trinajstić information content (AvgIpc) is 2.52. The smallest absolute Gasteiger partial charge is 0.348 e. The highest BCUT2D eigenvalue weighted by molar-refractivity contribution is 7.13. The molecule has 0 N–H and O–H groups in total. The Labute approximate surface area is 87.7 Å². The van der Waals surface area contributed by atoms with Crippen molar-refractivity contribution in [3.05, 3.63) is 21.9 Å². The van der Waals surface area contributed by atoms with E-state index in [0.29, 0.717) is 11.5 Å². The topological polar surface area (TPSA) is 35.5 Å². The van der Waals surface area contributed by atoms with Crippen molar-refractivity contribution in [2.75, 3.05) is 13.7 Å². The van der Waals surface area contributed by atoms with Gasteiger partial charge in [-0.25, -0.2) is 4.79 Å². The van der Waals surface area contributed by atoms with Crippen LogP contribution in [-0.2, 0) is 9.47 Å². The van der Waals surface area contributed by atoms with Crippen molar-refractivity contribution in [3.63, 3.8) is 0 Å². The van der Waals surface area contributed by atoms with E-state index in [1.807, 2.05) is 19.9 Å². The monoisotopic (exact) mass is 214 g/mol. The van der Waals surface area contributed by atoms with Gasteiger partial charge in [0.05, 0.1) is 6.61 Å². The van der Waals surface area contributed by atoms with Crippen molar-refractivity contribution in [3.8, 4) is 0 Å². The third-order valence-corrected chi connectivity index (χ3v) is 2.63. The van der Waals surface area contributed by atoms with Gasteiger partial charge in [-0.1, -0.05) is 0 Å². The van der Waals surface area contributed by atoms with Crippen molar-refractivity contribution in [2.45, 2.75) is 20.0 Å². The minimum absolute atomic E-state index is 0.199. The quantitative estimate of drug-likeness (QED) is 0.721. The second-order valence-corrected chi connectivity index (χ2v) is 4.37. The fourth-order valence-electron chi connectivity index (χ4n) is 1.05. The number of hydrogen-bond donors (Lipinski definition) is 0. The number of thiophene rings is 1. The number of carbonyl (C=O) groups is 1. The van der Waals surface area contributed by atoms with Crippen LogP contribution in [0.2, 0.25) is 0 Å². The molecule has 0 aromatic carbocycles. The van der Waals surface area contributed by atoms with Crippen LogP contribution in [-0.4, -0.2) is 25.8 Å². The van der Waals surface area contributed by atoms with Crippen LogP contribution in [0.15, 0.2) is 12.1 Å². The molecule has 3 nitrogen and oxygen atoms in total. The van der Waals surface area contributed by atoms with Gasteiger partial charge in [0.25, 0.3) is 0 Å². The molecule has 0 radical (unpaired) electrons. The van der Waals surface area contributed by atoms with Gasteiger partial charge in [0.1, 0.15) is 11.0 Å². The Morgan fingerprint density at radius 1 is 1.57 bits per heavy atom. The number of hydrogen-bond acceptors (Lipinski definition) is 4. The standard InChI is InChI=1S/C10H14O3S/c1-7(6-12-3)13-10(11)9-5-4-8(2)14-9/h4-5,7H,6H2,1-3H3/t7-/m0/s1. The Morgan fingerprint density at radius 2 is 2.29 bits per heavy atom. The fourth-order valence-corrected chi connectivity index (χ4v) is 1.80. The molecular formula is C10H14O3S. The van der Waals surface area contributed by atoms with Gasteiger partial charge in [-0.05, 0) is 26.0 Å². The van der Waals surface area contributed by atoms with Crippen LogP contribution >= 0.6 is 11.3 Å². The Kier molecular flexibility index (Phi) is 4.10. The van der Waals surface area contributed by atoms with Gasteiger partial charge in [0.2, 0.25) is 0 Å². The molecule has 0 amide bonds. The van der Waals surface area contributed by atoms with Crippen molar-refractivity contribution < 1.29 is 14.3 Å². The second kappa shape index (κ2) is 5.12. The van der Waals surface area contributed by atoms with Crippen LogP contribution in [0.1, 0.15) is 21.5 Å². The number of esters is 1. The summed E-state index contributed by atoms with van der Waals surface area (Å²) in [5.41, 5.74) is 0. The number of ether oxygens (including phenoxy) is 2. The van der Waals surface area contributed by atoms with Crippen molar-refractivity contribution >= 4 is 17.3 Å². The van der Waals surface area contributed by atoms with E-state index < -0.39 is 0 Å². The molecule has 1 aromatic rings. The predicted octanol–water partition coefficient (Wildman–Crippen LogP) is 2.25. The van der Waals surface area contributed by atoms with E-state index in [-0.39, 0.29) is 12.1 Å². The summed E-state index contributed by atoms with van der Waals surface area (Å²) in [6.07, 6.45) is -0.199. The molecule has 0 saturated heterocycles. The summed E-state index contributed by atoms with van der Waals surface area (Å²) in [4.78, 5) is 13.2. The highest BCUT2D eigenvalue weighted by Crippen LogP contribution is 2.16. The van der Waals surface area contributed by atoms with E-state index in [1.165, 1.54) is 11.3 Å². The van der Waals surface area contributed by atoms with Crippen molar-refractivity contribution in [1.29, 1.82) is 0 Å². The van der Waals surface area contributed by atoms with Crippen LogP contribution in [0.3, 0.4) is 0 Å². The summed E-state index contributed by atoms with van der Waals surface area (Å²) in [7, 11) is 1.58. The molecule has 0 saturated carbocycles.